The largest absolute Gasteiger partial charge is 0.508 e. The van der Waals surface area contributed by atoms with Crippen molar-refractivity contribution in [3.63, 3.8) is 0 Å². The van der Waals surface area contributed by atoms with Crippen LogP contribution >= 0.6 is 7.82 Å². The summed E-state index contributed by atoms with van der Waals surface area (Å²) in [5, 5.41) is 18.6. The van der Waals surface area contributed by atoms with Crippen LogP contribution in [0.5, 0.6) is 11.5 Å². The molecule has 0 aliphatic carbocycles. The van der Waals surface area contributed by atoms with Gasteiger partial charge in [0.2, 0.25) is 0 Å². The highest BCUT2D eigenvalue weighted by atomic mass is 31.2. The van der Waals surface area contributed by atoms with Crippen molar-refractivity contribution in [3.8, 4) is 11.5 Å². The van der Waals surface area contributed by atoms with Crippen molar-refractivity contribution in [2.75, 3.05) is 6.61 Å². The SMILES string of the molecule is C=CCOP(=O)(O)O.CC(C)(c1ccc(O)cc1)c1ccc(O)cc1. The van der Waals surface area contributed by atoms with E-state index in [1.54, 1.807) is 24.3 Å². The minimum atomic E-state index is -4.25. The number of phosphoric acid groups is 1. The van der Waals surface area contributed by atoms with Crippen LogP contribution in [0.4, 0.5) is 0 Å². The summed E-state index contributed by atoms with van der Waals surface area (Å²) in [5.74, 6) is 0.547. The molecular weight excluding hydrogens is 343 g/mol. The van der Waals surface area contributed by atoms with E-state index in [2.05, 4.69) is 25.0 Å². The van der Waals surface area contributed by atoms with Gasteiger partial charge in [0.05, 0.1) is 6.61 Å². The minimum absolute atomic E-state index is 0.121. The fourth-order valence-electron chi connectivity index (χ4n) is 2.07. The molecule has 6 nitrogen and oxygen atoms in total. The summed E-state index contributed by atoms with van der Waals surface area (Å²) < 4.78 is 13.7. The molecule has 0 fully saturated rings. The van der Waals surface area contributed by atoms with Crippen LogP contribution in [0.3, 0.4) is 0 Å². The van der Waals surface area contributed by atoms with E-state index in [0.717, 1.165) is 11.1 Å². The summed E-state index contributed by atoms with van der Waals surface area (Å²) >= 11 is 0. The number of benzene rings is 2. The van der Waals surface area contributed by atoms with E-state index in [0.29, 0.717) is 0 Å². The Bertz CT molecular complexity index is 669. The van der Waals surface area contributed by atoms with Crippen LogP contribution in [-0.4, -0.2) is 26.6 Å². The zero-order chi connectivity index (χ0) is 19.1. The lowest BCUT2D eigenvalue weighted by Gasteiger charge is -2.26. The van der Waals surface area contributed by atoms with Gasteiger partial charge in [0.25, 0.3) is 0 Å². The van der Waals surface area contributed by atoms with Crippen LogP contribution in [0.2, 0.25) is 0 Å². The molecule has 25 heavy (non-hydrogen) atoms. The highest BCUT2D eigenvalue weighted by molar-refractivity contribution is 7.46. The third-order valence-corrected chi connectivity index (χ3v) is 4.02. The van der Waals surface area contributed by atoms with E-state index in [1.807, 2.05) is 24.3 Å². The van der Waals surface area contributed by atoms with Gasteiger partial charge in [-0.05, 0) is 35.4 Å². The molecule has 0 saturated heterocycles. The first-order valence-corrected chi connectivity index (χ1v) is 8.99. The second-order valence-electron chi connectivity index (χ2n) is 5.79. The molecule has 0 unspecified atom stereocenters. The van der Waals surface area contributed by atoms with Crippen LogP contribution < -0.4 is 0 Å². The predicted octanol–water partition coefficient (Wildman–Crippen LogP) is 3.71. The van der Waals surface area contributed by atoms with Crippen molar-refractivity contribution in [3.05, 3.63) is 72.3 Å². The van der Waals surface area contributed by atoms with Crippen molar-refractivity contribution in [2.45, 2.75) is 19.3 Å². The molecule has 4 N–H and O–H groups in total. The minimum Gasteiger partial charge on any atom is -0.508 e. The second kappa shape index (κ2) is 8.83. The van der Waals surface area contributed by atoms with Gasteiger partial charge < -0.3 is 20.0 Å². The second-order valence-corrected chi connectivity index (χ2v) is 7.03. The Hall–Kier alpha value is -2.11. The normalized spacial score (nSPS) is 11.4. The number of hydrogen-bond donors (Lipinski definition) is 4. The van der Waals surface area contributed by atoms with E-state index < -0.39 is 7.82 Å². The number of aromatic hydroxyl groups is 2. The maximum atomic E-state index is 9.81. The molecule has 0 saturated carbocycles. The van der Waals surface area contributed by atoms with Crippen molar-refractivity contribution in [2.24, 2.45) is 0 Å². The monoisotopic (exact) mass is 366 g/mol. The van der Waals surface area contributed by atoms with Crippen molar-refractivity contribution < 1.29 is 29.1 Å². The molecule has 2 aromatic rings. The summed E-state index contributed by atoms with van der Waals surface area (Å²) in [7, 11) is -4.25. The first kappa shape index (κ1) is 20.9. The molecule has 0 amide bonds. The third kappa shape index (κ3) is 7.11. The molecular formula is C18H23O6P. The molecule has 0 aliphatic heterocycles. The number of rotatable bonds is 5. The maximum absolute atomic E-state index is 9.81. The van der Waals surface area contributed by atoms with Crippen LogP contribution in [0.15, 0.2) is 61.2 Å². The zero-order valence-electron chi connectivity index (χ0n) is 14.2. The molecule has 0 aliphatic rings. The van der Waals surface area contributed by atoms with Gasteiger partial charge in [-0.25, -0.2) is 4.57 Å². The van der Waals surface area contributed by atoms with E-state index in [-0.39, 0.29) is 23.5 Å². The lowest BCUT2D eigenvalue weighted by atomic mass is 9.78. The van der Waals surface area contributed by atoms with Gasteiger partial charge in [-0.3, -0.25) is 4.52 Å². The third-order valence-electron chi connectivity index (χ3n) is 3.54. The topological polar surface area (TPSA) is 107 Å². The lowest BCUT2D eigenvalue weighted by Crippen LogP contribution is -2.18. The average molecular weight is 366 g/mol. The van der Waals surface area contributed by atoms with Gasteiger partial charge in [0, 0.05) is 5.41 Å². The molecule has 0 bridgehead atoms. The highest BCUT2D eigenvalue weighted by Gasteiger charge is 2.22. The Morgan fingerprint density at radius 1 is 0.960 bits per heavy atom. The van der Waals surface area contributed by atoms with Crippen LogP contribution in [0.25, 0.3) is 0 Å². The Balaban J connectivity index is 0.000000333. The maximum Gasteiger partial charge on any atom is 0.469 e. The number of phenolic OH excluding ortho intramolecular Hbond substituents is 2. The van der Waals surface area contributed by atoms with Gasteiger partial charge in [0.1, 0.15) is 11.5 Å². The van der Waals surface area contributed by atoms with Crippen molar-refractivity contribution in [1.29, 1.82) is 0 Å². The van der Waals surface area contributed by atoms with E-state index in [9.17, 15) is 14.8 Å². The number of phosphoric ester groups is 1. The Morgan fingerprint density at radius 2 is 1.32 bits per heavy atom. The van der Waals surface area contributed by atoms with E-state index >= 15 is 0 Å². The molecule has 136 valence electrons. The average Bonchev–Trinajstić information content (AvgIpc) is 2.54. The van der Waals surface area contributed by atoms with Gasteiger partial charge >= 0.3 is 7.82 Å². The van der Waals surface area contributed by atoms with Gasteiger partial charge in [-0.1, -0.05) is 44.2 Å². The quantitative estimate of drug-likeness (QED) is 0.475. The zero-order valence-corrected chi connectivity index (χ0v) is 15.1. The first-order valence-electron chi connectivity index (χ1n) is 7.46. The molecule has 0 atom stereocenters. The van der Waals surface area contributed by atoms with Crippen molar-refractivity contribution in [1.82, 2.24) is 0 Å². The number of phenols is 2. The summed E-state index contributed by atoms with van der Waals surface area (Å²) in [6.07, 6.45) is 1.26. The standard InChI is InChI=1S/C15H16O2.C3H7O4P/c1-15(2,11-3-7-13(16)8-4-11)12-5-9-14(17)10-6-12;1-2-3-7-8(4,5)6/h3-10,16-17H,1-2H3;2H,1,3H2,(H2,4,5,6). The van der Waals surface area contributed by atoms with Gasteiger partial charge in [-0.2, -0.15) is 0 Å². The predicted molar refractivity (Wildman–Crippen MR) is 96.5 cm³/mol. The lowest BCUT2D eigenvalue weighted by molar-refractivity contribution is 0.216. The summed E-state index contributed by atoms with van der Waals surface area (Å²) in [6, 6.07) is 14.4. The highest BCUT2D eigenvalue weighted by Crippen LogP contribution is 2.35. The molecule has 7 heteroatoms. The molecule has 2 rings (SSSR count). The Morgan fingerprint density at radius 3 is 1.56 bits per heavy atom. The summed E-state index contributed by atoms with van der Waals surface area (Å²) in [5.41, 5.74) is 2.10. The Kier molecular flexibility index (Phi) is 7.39. The van der Waals surface area contributed by atoms with Crippen LogP contribution in [0.1, 0.15) is 25.0 Å². The molecule has 2 aromatic carbocycles. The van der Waals surface area contributed by atoms with Crippen LogP contribution in [-0.2, 0) is 14.5 Å². The summed E-state index contributed by atoms with van der Waals surface area (Å²) in [6.45, 7) is 7.31. The summed E-state index contributed by atoms with van der Waals surface area (Å²) in [4.78, 5) is 16.0. The number of hydrogen-bond acceptors (Lipinski definition) is 4. The molecule has 0 radical (unpaired) electrons. The fourth-order valence-corrected chi connectivity index (χ4v) is 2.37. The van der Waals surface area contributed by atoms with Gasteiger partial charge in [-0.15, -0.1) is 6.58 Å². The first-order chi connectivity index (χ1) is 11.6. The van der Waals surface area contributed by atoms with Crippen LogP contribution in [0, 0.1) is 0 Å². The van der Waals surface area contributed by atoms with Crippen molar-refractivity contribution >= 4 is 7.82 Å². The van der Waals surface area contributed by atoms with Gasteiger partial charge in [0.15, 0.2) is 0 Å². The Labute approximate surface area is 147 Å². The fraction of sp³-hybridized carbons (Fsp3) is 0.222. The van der Waals surface area contributed by atoms with E-state index in [1.165, 1.54) is 6.08 Å². The molecule has 0 heterocycles. The van der Waals surface area contributed by atoms with E-state index in [4.69, 9.17) is 9.79 Å². The smallest absolute Gasteiger partial charge is 0.469 e. The molecule has 0 aromatic heterocycles. The molecule has 0 spiro atoms.